The molecule has 10 heteroatoms. The van der Waals surface area contributed by atoms with Crippen LogP contribution in [-0.2, 0) is 10.0 Å². The van der Waals surface area contributed by atoms with E-state index in [2.05, 4.69) is 4.72 Å². The van der Waals surface area contributed by atoms with Gasteiger partial charge in [-0.15, -0.1) is 0 Å². The molecule has 0 bridgehead atoms. The lowest BCUT2D eigenvalue weighted by molar-refractivity contribution is -0.384. The number of rotatable bonds is 7. The minimum absolute atomic E-state index is 0.138. The van der Waals surface area contributed by atoms with Gasteiger partial charge in [-0.3, -0.25) is 10.1 Å². The van der Waals surface area contributed by atoms with Gasteiger partial charge in [0.05, 0.1) is 30.1 Å². The number of anilines is 1. The van der Waals surface area contributed by atoms with Crippen molar-refractivity contribution in [1.29, 1.82) is 0 Å². The van der Waals surface area contributed by atoms with E-state index >= 15 is 0 Å². The van der Waals surface area contributed by atoms with Gasteiger partial charge in [-0.1, -0.05) is 0 Å². The Labute approximate surface area is 169 Å². The number of sulfonamides is 1. The molecule has 3 rings (SSSR count). The number of benzene rings is 2. The predicted octanol–water partition coefficient (Wildman–Crippen LogP) is 2.86. The van der Waals surface area contributed by atoms with Crippen LogP contribution < -0.4 is 19.1 Å². The van der Waals surface area contributed by atoms with Crippen molar-refractivity contribution in [1.82, 2.24) is 4.72 Å². The lowest BCUT2D eigenvalue weighted by Crippen LogP contribution is -2.24. The van der Waals surface area contributed by atoms with E-state index in [1.807, 2.05) is 17.0 Å². The highest BCUT2D eigenvalue weighted by atomic mass is 32.2. The summed E-state index contributed by atoms with van der Waals surface area (Å²) in [5.74, 6) is 1.29. The second-order valence-electron chi connectivity index (χ2n) is 6.57. The Hall–Kier alpha value is -2.85. The first kappa shape index (κ1) is 20.9. The van der Waals surface area contributed by atoms with E-state index in [-0.39, 0.29) is 16.6 Å². The van der Waals surface area contributed by atoms with Crippen molar-refractivity contribution in [3.05, 3.63) is 52.1 Å². The fraction of sp³-hybridized carbons (Fsp3) is 0.368. The van der Waals surface area contributed by atoms with Crippen LogP contribution >= 0.6 is 0 Å². The van der Waals surface area contributed by atoms with Crippen molar-refractivity contribution in [3.63, 3.8) is 0 Å². The first-order valence-corrected chi connectivity index (χ1v) is 10.5. The quantitative estimate of drug-likeness (QED) is 0.540. The van der Waals surface area contributed by atoms with Gasteiger partial charge < -0.3 is 14.4 Å². The number of nitrogens with zero attached hydrogens (tertiary/aromatic N) is 2. The van der Waals surface area contributed by atoms with Gasteiger partial charge in [0, 0.05) is 24.2 Å². The molecule has 1 heterocycles. The standard InChI is InChI=1S/C19H23N3O6S/c1-20-29(25,26)14-7-9-17(18(12-14)22(23)24)21-10-4-5-16(21)15-8-6-13(27-2)11-19(15)28-3/h6-9,11-12,16,20H,4-5,10H2,1-3H3. The lowest BCUT2D eigenvalue weighted by Gasteiger charge is -2.28. The first-order valence-electron chi connectivity index (χ1n) is 9.03. The molecule has 0 aliphatic carbocycles. The smallest absolute Gasteiger partial charge is 0.293 e. The maximum absolute atomic E-state index is 12.1. The molecule has 1 aliphatic rings. The monoisotopic (exact) mass is 421 g/mol. The summed E-state index contributed by atoms with van der Waals surface area (Å²) in [4.78, 5) is 13.0. The number of hydrogen-bond acceptors (Lipinski definition) is 7. The molecule has 156 valence electrons. The zero-order valence-corrected chi connectivity index (χ0v) is 17.2. The number of nitro groups is 1. The van der Waals surface area contributed by atoms with E-state index in [0.29, 0.717) is 23.7 Å². The highest BCUT2D eigenvalue weighted by Crippen LogP contribution is 2.44. The van der Waals surface area contributed by atoms with Crippen molar-refractivity contribution < 1.29 is 22.8 Å². The number of nitrogens with one attached hydrogen (secondary N) is 1. The molecule has 9 nitrogen and oxygen atoms in total. The second-order valence-corrected chi connectivity index (χ2v) is 8.46. The van der Waals surface area contributed by atoms with Crippen LogP contribution in [0.15, 0.2) is 41.3 Å². The number of hydrogen-bond donors (Lipinski definition) is 1. The molecule has 29 heavy (non-hydrogen) atoms. The molecule has 1 unspecified atom stereocenters. The van der Waals surface area contributed by atoms with E-state index in [9.17, 15) is 18.5 Å². The number of nitro benzene ring substituents is 1. The summed E-state index contributed by atoms with van der Waals surface area (Å²) in [6.45, 7) is 0.610. The van der Waals surface area contributed by atoms with Gasteiger partial charge >= 0.3 is 0 Å². The average Bonchev–Trinajstić information content (AvgIpc) is 3.22. The van der Waals surface area contributed by atoms with Gasteiger partial charge in [0.2, 0.25) is 10.0 Å². The zero-order chi connectivity index (χ0) is 21.2. The minimum Gasteiger partial charge on any atom is -0.497 e. The maximum atomic E-state index is 12.1. The van der Waals surface area contributed by atoms with Crippen molar-refractivity contribution in [2.24, 2.45) is 0 Å². The summed E-state index contributed by atoms with van der Waals surface area (Å²) < 4.78 is 37.1. The van der Waals surface area contributed by atoms with Gasteiger partial charge in [0.15, 0.2) is 0 Å². The summed E-state index contributed by atoms with van der Waals surface area (Å²) in [6.07, 6.45) is 1.63. The van der Waals surface area contributed by atoms with E-state index in [1.54, 1.807) is 20.3 Å². The molecule has 0 saturated carbocycles. The van der Waals surface area contributed by atoms with Gasteiger partial charge in [0.25, 0.3) is 5.69 Å². The molecule has 1 saturated heterocycles. The minimum atomic E-state index is -3.79. The van der Waals surface area contributed by atoms with Crippen LogP contribution in [0, 0.1) is 10.1 Å². The first-order chi connectivity index (χ1) is 13.8. The molecular formula is C19H23N3O6S. The van der Waals surface area contributed by atoms with E-state index in [0.717, 1.165) is 24.5 Å². The molecule has 0 amide bonds. The molecule has 1 N–H and O–H groups in total. The Balaban J connectivity index is 2.07. The summed E-state index contributed by atoms with van der Waals surface area (Å²) in [7, 11) is 0.617. The van der Waals surface area contributed by atoms with Crippen LogP contribution in [0.3, 0.4) is 0 Å². The Morgan fingerprint density at radius 2 is 1.93 bits per heavy atom. The third-order valence-corrected chi connectivity index (χ3v) is 6.50. The van der Waals surface area contributed by atoms with E-state index in [1.165, 1.54) is 19.2 Å². The highest BCUT2D eigenvalue weighted by molar-refractivity contribution is 7.89. The fourth-order valence-electron chi connectivity index (χ4n) is 3.65. The average molecular weight is 421 g/mol. The van der Waals surface area contributed by atoms with Crippen LogP contribution in [0.1, 0.15) is 24.4 Å². The molecule has 0 aromatic heterocycles. The van der Waals surface area contributed by atoms with Gasteiger partial charge in [0.1, 0.15) is 17.2 Å². The topological polar surface area (TPSA) is 111 Å². The molecule has 2 aromatic rings. The SMILES string of the molecule is CNS(=O)(=O)c1ccc(N2CCCC2c2ccc(OC)cc2OC)c([N+](=O)[O-])c1. The zero-order valence-electron chi connectivity index (χ0n) is 16.4. The molecule has 0 radical (unpaired) electrons. The van der Waals surface area contributed by atoms with E-state index < -0.39 is 14.9 Å². The van der Waals surface area contributed by atoms with Gasteiger partial charge in [-0.25, -0.2) is 13.1 Å². The van der Waals surface area contributed by atoms with Crippen molar-refractivity contribution in [2.75, 3.05) is 32.7 Å². The van der Waals surface area contributed by atoms with E-state index in [4.69, 9.17) is 9.47 Å². The molecule has 1 aliphatic heterocycles. The Morgan fingerprint density at radius 1 is 1.17 bits per heavy atom. The fourth-order valence-corrected chi connectivity index (χ4v) is 4.40. The van der Waals surface area contributed by atoms with Crippen LogP contribution in [0.2, 0.25) is 0 Å². The Morgan fingerprint density at radius 3 is 2.55 bits per heavy atom. The molecule has 0 spiro atoms. The Kier molecular flexibility index (Phi) is 5.94. The Bertz CT molecular complexity index is 1020. The van der Waals surface area contributed by atoms with Crippen molar-refractivity contribution in [2.45, 2.75) is 23.8 Å². The van der Waals surface area contributed by atoms with Crippen LogP contribution in [0.5, 0.6) is 11.5 Å². The third-order valence-electron chi connectivity index (χ3n) is 5.08. The van der Waals surface area contributed by atoms with Gasteiger partial charge in [-0.05, 0) is 44.2 Å². The maximum Gasteiger partial charge on any atom is 0.293 e. The molecule has 2 aromatic carbocycles. The predicted molar refractivity (Wildman–Crippen MR) is 108 cm³/mol. The summed E-state index contributed by atoms with van der Waals surface area (Å²) in [5, 5.41) is 11.7. The largest absolute Gasteiger partial charge is 0.497 e. The van der Waals surface area contributed by atoms with Crippen molar-refractivity contribution in [3.8, 4) is 11.5 Å². The van der Waals surface area contributed by atoms with Crippen molar-refractivity contribution >= 4 is 21.4 Å². The lowest BCUT2D eigenvalue weighted by atomic mass is 10.0. The number of methoxy groups -OCH3 is 2. The summed E-state index contributed by atoms with van der Waals surface area (Å²) in [6, 6.07) is 9.34. The molecule has 1 atom stereocenters. The second kappa shape index (κ2) is 8.26. The molecular weight excluding hydrogens is 398 g/mol. The third kappa shape index (κ3) is 3.99. The van der Waals surface area contributed by atoms with Gasteiger partial charge in [-0.2, -0.15) is 0 Å². The van der Waals surface area contributed by atoms with Crippen LogP contribution in [0.4, 0.5) is 11.4 Å². The molecule has 1 fully saturated rings. The van der Waals surface area contributed by atoms with Crippen LogP contribution in [-0.4, -0.2) is 41.2 Å². The number of ether oxygens (including phenoxy) is 2. The summed E-state index contributed by atoms with van der Waals surface area (Å²) in [5.41, 5.74) is 1.03. The van der Waals surface area contributed by atoms with Crippen LogP contribution in [0.25, 0.3) is 0 Å². The highest BCUT2D eigenvalue weighted by Gasteiger charge is 2.33. The summed E-state index contributed by atoms with van der Waals surface area (Å²) >= 11 is 0. The normalized spacial score (nSPS) is 16.7.